The van der Waals surface area contributed by atoms with Crippen LogP contribution in [0.5, 0.6) is 0 Å². The third-order valence-corrected chi connectivity index (χ3v) is 0.748. The molecular formula is C2H3KNO4P. The molecule has 0 aromatic carbocycles. The Morgan fingerprint density at radius 1 is 1.89 bits per heavy atom. The number of nitriles is 1. The molecule has 1 atom stereocenters. The Labute approximate surface area is 94.7 Å². The zero-order valence-electron chi connectivity index (χ0n) is 4.77. The van der Waals surface area contributed by atoms with Gasteiger partial charge in [0.1, 0.15) is 6.61 Å². The average molecular weight is 175 g/mol. The Bertz CT molecular complexity index is 147. The summed E-state index contributed by atoms with van der Waals surface area (Å²) in [6.07, 6.45) is 0. The first-order valence-corrected chi connectivity index (χ1v) is 3.11. The fourth-order valence-electron chi connectivity index (χ4n) is 0.110. The van der Waals surface area contributed by atoms with E-state index >= 15 is 0 Å². The van der Waals surface area contributed by atoms with E-state index in [0.29, 0.717) is 0 Å². The molecule has 7 heteroatoms. The molecule has 0 aliphatic rings. The molecule has 9 heavy (non-hydrogen) atoms. The Balaban J connectivity index is 0. The van der Waals surface area contributed by atoms with Gasteiger partial charge in [-0.15, -0.1) is 0 Å². The summed E-state index contributed by atoms with van der Waals surface area (Å²) < 4.78 is 13.2. The van der Waals surface area contributed by atoms with Crippen molar-refractivity contribution in [2.45, 2.75) is 0 Å². The molecule has 0 spiro atoms. The van der Waals surface area contributed by atoms with E-state index in [0.717, 1.165) is 0 Å². The minimum atomic E-state index is -4.65. The largest absolute Gasteiger partial charge is 1.00 e. The molecule has 0 aliphatic heterocycles. The third kappa shape index (κ3) is 12.4. The van der Waals surface area contributed by atoms with E-state index in [1.165, 1.54) is 6.07 Å². The summed E-state index contributed by atoms with van der Waals surface area (Å²) in [5, 5.41) is 7.68. The van der Waals surface area contributed by atoms with Gasteiger partial charge in [-0.1, -0.05) is 0 Å². The van der Waals surface area contributed by atoms with Crippen LogP contribution < -0.4 is 56.3 Å². The minimum absolute atomic E-state index is 0. The van der Waals surface area contributed by atoms with Gasteiger partial charge in [-0.05, 0) is 0 Å². The Morgan fingerprint density at radius 2 is 2.33 bits per heavy atom. The standard InChI is InChI=1S/C2H4NO4P.K/c3-1-2-7-8(4,5)6;/h2H2,(H2,4,5,6);/q;+1/p-1. The summed E-state index contributed by atoms with van der Waals surface area (Å²) >= 11 is 0. The van der Waals surface area contributed by atoms with Crippen LogP contribution in [0.2, 0.25) is 0 Å². The summed E-state index contributed by atoms with van der Waals surface area (Å²) in [6.45, 7) is -0.642. The van der Waals surface area contributed by atoms with E-state index in [-0.39, 0.29) is 51.4 Å². The molecule has 1 N–H and O–H groups in total. The second-order valence-corrected chi connectivity index (χ2v) is 2.10. The van der Waals surface area contributed by atoms with Crippen LogP contribution >= 0.6 is 7.82 Å². The predicted octanol–water partition coefficient (Wildman–Crippen LogP) is -4.01. The number of hydrogen-bond acceptors (Lipinski definition) is 4. The molecule has 0 saturated carbocycles. The summed E-state index contributed by atoms with van der Waals surface area (Å²) in [6, 6.07) is 1.37. The molecule has 1 unspecified atom stereocenters. The molecule has 0 aromatic rings. The fourth-order valence-corrected chi connectivity index (χ4v) is 0.331. The van der Waals surface area contributed by atoms with Gasteiger partial charge in [0.15, 0.2) is 0 Å². The Hall–Kier alpha value is 1.24. The summed E-state index contributed by atoms with van der Waals surface area (Å²) in [5.41, 5.74) is 0. The van der Waals surface area contributed by atoms with Crippen LogP contribution in [0.1, 0.15) is 0 Å². The van der Waals surface area contributed by atoms with Crippen LogP contribution in [-0.2, 0) is 9.09 Å². The van der Waals surface area contributed by atoms with Crippen LogP contribution in [0.25, 0.3) is 0 Å². The minimum Gasteiger partial charge on any atom is -0.756 e. The van der Waals surface area contributed by atoms with Crippen molar-refractivity contribution >= 4 is 7.82 Å². The van der Waals surface area contributed by atoms with E-state index in [9.17, 15) is 9.46 Å². The van der Waals surface area contributed by atoms with E-state index in [1.54, 1.807) is 0 Å². The zero-order valence-corrected chi connectivity index (χ0v) is 8.79. The van der Waals surface area contributed by atoms with Crippen molar-refractivity contribution in [1.29, 1.82) is 5.26 Å². The zero-order chi connectivity index (χ0) is 6.62. The quantitative estimate of drug-likeness (QED) is 0.341. The molecule has 0 bridgehead atoms. The van der Waals surface area contributed by atoms with Crippen molar-refractivity contribution < 1.29 is 70.3 Å². The van der Waals surface area contributed by atoms with E-state index < -0.39 is 14.4 Å². The van der Waals surface area contributed by atoms with Gasteiger partial charge < -0.3 is 14.3 Å². The molecule has 5 nitrogen and oxygen atoms in total. The second-order valence-electron chi connectivity index (χ2n) is 0.900. The summed E-state index contributed by atoms with van der Waals surface area (Å²) in [4.78, 5) is 17.4. The first kappa shape index (κ1) is 12.9. The molecule has 46 valence electrons. The molecule has 0 radical (unpaired) electrons. The average Bonchev–Trinajstić information content (AvgIpc) is 1.59. The van der Waals surface area contributed by atoms with E-state index in [4.69, 9.17) is 10.2 Å². The van der Waals surface area contributed by atoms with Crippen molar-refractivity contribution in [3.8, 4) is 6.07 Å². The van der Waals surface area contributed by atoms with Gasteiger partial charge in [-0.3, -0.25) is 4.57 Å². The Kier molecular flexibility index (Phi) is 8.55. The second kappa shape index (κ2) is 5.98. The Morgan fingerprint density at radius 3 is 2.44 bits per heavy atom. The molecule has 0 heterocycles. The first-order valence-electron chi connectivity index (χ1n) is 1.61. The van der Waals surface area contributed by atoms with Crippen LogP contribution in [-0.4, -0.2) is 11.5 Å². The summed E-state index contributed by atoms with van der Waals surface area (Å²) in [5.74, 6) is 0. The van der Waals surface area contributed by atoms with Gasteiger partial charge in [0, 0.05) is 0 Å². The number of rotatable bonds is 2. The normalized spacial score (nSPS) is 14.8. The number of phosphoric ester groups is 1. The van der Waals surface area contributed by atoms with Crippen LogP contribution in [0, 0.1) is 11.3 Å². The predicted molar refractivity (Wildman–Crippen MR) is 21.4 cm³/mol. The molecule has 0 fully saturated rings. The first-order chi connectivity index (χ1) is 3.56. The maximum Gasteiger partial charge on any atom is 1.00 e. The maximum absolute atomic E-state index is 9.60. The van der Waals surface area contributed by atoms with Gasteiger partial charge in [0.25, 0.3) is 7.82 Å². The van der Waals surface area contributed by atoms with Crippen molar-refractivity contribution in [2.24, 2.45) is 0 Å². The molecule has 0 aromatic heterocycles. The van der Waals surface area contributed by atoms with Crippen molar-refractivity contribution in [1.82, 2.24) is 0 Å². The molecule has 0 rings (SSSR count). The molecule has 0 aliphatic carbocycles. The maximum atomic E-state index is 9.60. The van der Waals surface area contributed by atoms with E-state index in [1.807, 2.05) is 0 Å². The number of nitrogens with zero attached hydrogens (tertiary/aromatic N) is 1. The van der Waals surface area contributed by atoms with Crippen LogP contribution in [0.3, 0.4) is 0 Å². The number of phosphoric acid groups is 1. The summed E-state index contributed by atoms with van der Waals surface area (Å²) in [7, 11) is -4.65. The van der Waals surface area contributed by atoms with Crippen molar-refractivity contribution in [3.63, 3.8) is 0 Å². The smallest absolute Gasteiger partial charge is 0.756 e. The van der Waals surface area contributed by atoms with Crippen molar-refractivity contribution in [2.75, 3.05) is 6.61 Å². The van der Waals surface area contributed by atoms with Gasteiger partial charge >= 0.3 is 51.4 Å². The van der Waals surface area contributed by atoms with Crippen LogP contribution in [0.4, 0.5) is 0 Å². The van der Waals surface area contributed by atoms with Crippen LogP contribution in [0.15, 0.2) is 0 Å². The SMILES string of the molecule is N#CCOP(=O)([O-])O.[K+]. The van der Waals surface area contributed by atoms with Gasteiger partial charge in [-0.25, -0.2) is 0 Å². The fraction of sp³-hybridized carbons (Fsp3) is 0.500. The topological polar surface area (TPSA) is 93.4 Å². The molecule has 0 amide bonds. The third-order valence-electron chi connectivity index (χ3n) is 0.292. The molecular weight excluding hydrogens is 172 g/mol. The van der Waals surface area contributed by atoms with Gasteiger partial charge in [-0.2, -0.15) is 5.26 Å². The molecule has 0 saturated heterocycles. The van der Waals surface area contributed by atoms with Gasteiger partial charge in [0.05, 0.1) is 6.07 Å². The monoisotopic (exact) mass is 175 g/mol. The van der Waals surface area contributed by atoms with E-state index in [2.05, 4.69) is 4.52 Å². The van der Waals surface area contributed by atoms with Gasteiger partial charge in [0.2, 0.25) is 0 Å². The number of hydrogen-bond donors (Lipinski definition) is 1. The van der Waals surface area contributed by atoms with Crippen molar-refractivity contribution in [3.05, 3.63) is 0 Å².